The minimum Gasteiger partial charge on any atom is -0.240 e. The Bertz CT molecular complexity index is 138. The van der Waals surface area contributed by atoms with Crippen LogP contribution in [-0.2, 0) is 10.0 Å². The molecule has 0 aromatic heterocycles. The molecule has 0 saturated heterocycles. The Morgan fingerprint density at radius 3 is 1.86 bits per heavy atom. The topological polar surface area (TPSA) is 63.4 Å². The average molecular weight is 145 g/mol. The summed E-state index contributed by atoms with van der Waals surface area (Å²) in [5.41, 5.74) is 0. The number of hydrogen-bond donors (Lipinski definition) is 1. The minimum atomic E-state index is -3.36. The van der Waals surface area contributed by atoms with E-state index in [4.69, 9.17) is 11.8 Å². The zero-order valence-electron chi connectivity index (χ0n) is 3.63. The lowest BCUT2D eigenvalue weighted by atomic mass is 12.0. The molecule has 0 heterocycles. The van der Waals surface area contributed by atoms with E-state index in [-0.39, 0.29) is 3.93 Å². The lowest BCUT2D eigenvalue weighted by Gasteiger charge is -1.98. The Hall–Kier alpha value is 0.160. The molecule has 0 aliphatic rings. The first-order valence-electron chi connectivity index (χ1n) is 1.35. The molecule has 0 radical (unpaired) electrons. The molecule has 0 unspecified atom stereocenters. The third kappa shape index (κ3) is 2.81. The molecule has 0 rings (SSSR count). The van der Waals surface area contributed by atoms with Crippen LogP contribution in [0.25, 0.3) is 0 Å². The van der Waals surface area contributed by atoms with Gasteiger partial charge in [-0.15, -0.1) is 0 Å². The zero-order chi connectivity index (χ0) is 6.08. The van der Waals surface area contributed by atoms with Crippen LogP contribution in [0.5, 0.6) is 0 Å². The first kappa shape index (κ1) is 7.16. The summed E-state index contributed by atoms with van der Waals surface area (Å²) in [5.74, 6) is 4.58. The Morgan fingerprint density at radius 1 is 1.71 bits per heavy atom. The summed E-state index contributed by atoms with van der Waals surface area (Å²) < 4.78 is 20.1. The molecule has 6 heteroatoms. The van der Waals surface area contributed by atoms with Crippen LogP contribution in [0.1, 0.15) is 0 Å². The summed E-state index contributed by atoms with van der Waals surface area (Å²) in [6, 6.07) is 0. The van der Waals surface area contributed by atoms with Crippen LogP contribution >= 0.6 is 11.8 Å². The van der Waals surface area contributed by atoms with Gasteiger partial charge in [-0.2, -0.15) is 0 Å². The monoisotopic (exact) mass is 144 g/mol. The minimum absolute atomic E-state index is 0.132. The molecule has 0 aromatic carbocycles. The summed E-state index contributed by atoms with van der Waals surface area (Å²) >= 11 is 4.78. The second kappa shape index (κ2) is 1.95. The molecular formula is CH5ClN2O2S. The molecule has 0 aromatic rings. The van der Waals surface area contributed by atoms with Crippen LogP contribution in [-0.4, -0.2) is 18.6 Å². The van der Waals surface area contributed by atoms with Gasteiger partial charge in [0.2, 0.25) is 10.0 Å². The van der Waals surface area contributed by atoms with Gasteiger partial charge in [-0.25, -0.2) is 14.3 Å². The van der Waals surface area contributed by atoms with Crippen LogP contribution in [0.2, 0.25) is 0 Å². The van der Waals surface area contributed by atoms with E-state index >= 15 is 0 Å². The number of hydrazine groups is 1. The molecule has 0 amide bonds. The maximum absolute atomic E-state index is 10.0. The molecule has 0 aliphatic heterocycles. The van der Waals surface area contributed by atoms with Gasteiger partial charge in [0.05, 0.1) is 6.26 Å². The first-order valence-corrected chi connectivity index (χ1v) is 3.54. The molecule has 44 valence electrons. The Labute approximate surface area is 47.0 Å². The zero-order valence-corrected chi connectivity index (χ0v) is 5.20. The van der Waals surface area contributed by atoms with Crippen LogP contribution < -0.4 is 5.84 Å². The van der Waals surface area contributed by atoms with E-state index in [1.165, 1.54) is 0 Å². The van der Waals surface area contributed by atoms with Gasteiger partial charge >= 0.3 is 0 Å². The maximum Gasteiger partial charge on any atom is 0.237 e. The van der Waals surface area contributed by atoms with Crippen LogP contribution in [0.15, 0.2) is 0 Å². The lowest BCUT2D eigenvalue weighted by molar-refractivity contribution is 0.552. The Balaban J connectivity index is 4.10. The fourth-order valence-electron chi connectivity index (χ4n) is 0. The van der Waals surface area contributed by atoms with E-state index in [2.05, 4.69) is 5.84 Å². The van der Waals surface area contributed by atoms with E-state index < -0.39 is 10.0 Å². The van der Waals surface area contributed by atoms with Gasteiger partial charge in [0.25, 0.3) is 0 Å². The lowest BCUT2D eigenvalue weighted by Crippen LogP contribution is -2.26. The third-order valence-electron chi connectivity index (χ3n) is 0.317. The van der Waals surface area contributed by atoms with Crippen LogP contribution in [0.4, 0.5) is 0 Å². The molecule has 0 bridgehead atoms. The molecule has 4 nitrogen and oxygen atoms in total. The van der Waals surface area contributed by atoms with Crippen LogP contribution in [0, 0.1) is 0 Å². The van der Waals surface area contributed by atoms with Gasteiger partial charge in [0.1, 0.15) is 0 Å². The van der Waals surface area contributed by atoms with Crippen molar-refractivity contribution in [3.63, 3.8) is 0 Å². The van der Waals surface area contributed by atoms with E-state index in [0.29, 0.717) is 0 Å². The second-order valence-corrected chi connectivity index (χ2v) is 3.43. The smallest absolute Gasteiger partial charge is 0.237 e. The number of nitrogens with zero attached hydrogens (tertiary/aromatic N) is 1. The van der Waals surface area contributed by atoms with Crippen molar-refractivity contribution in [2.24, 2.45) is 5.84 Å². The van der Waals surface area contributed by atoms with E-state index in [0.717, 1.165) is 6.26 Å². The Morgan fingerprint density at radius 2 is 1.86 bits per heavy atom. The van der Waals surface area contributed by atoms with Crippen molar-refractivity contribution < 1.29 is 8.42 Å². The highest BCUT2D eigenvalue weighted by atomic mass is 35.5. The summed E-state index contributed by atoms with van der Waals surface area (Å²) in [6.07, 6.45) is 0.903. The summed E-state index contributed by atoms with van der Waals surface area (Å²) in [4.78, 5) is 0. The van der Waals surface area contributed by atoms with Crippen LogP contribution in [0.3, 0.4) is 0 Å². The largest absolute Gasteiger partial charge is 0.240 e. The van der Waals surface area contributed by atoms with Crippen molar-refractivity contribution in [2.45, 2.75) is 0 Å². The maximum atomic E-state index is 10.0. The SMILES string of the molecule is CS(=O)(=O)N(N)Cl. The normalized spacial score (nSPS) is 12.6. The molecule has 0 aliphatic carbocycles. The first-order chi connectivity index (χ1) is 2.94. The summed E-state index contributed by atoms with van der Waals surface area (Å²) in [7, 11) is -3.36. The molecule has 0 atom stereocenters. The highest BCUT2D eigenvalue weighted by molar-refractivity contribution is 7.89. The number of sulfonamides is 1. The number of halogens is 1. The molecular weight excluding hydrogens is 140 g/mol. The van der Waals surface area contributed by atoms with Gasteiger partial charge in [0, 0.05) is 11.8 Å². The van der Waals surface area contributed by atoms with Gasteiger partial charge < -0.3 is 0 Å². The van der Waals surface area contributed by atoms with Crippen molar-refractivity contribution in [2.75, 3.05) is 6.26 Å². The molecule has 0 saturated carbocycles. The van der Waals surface area contributed by atoms with E-state index in [1.807, 2.05) is 0 Å². The third-order valence-corrected chi connectivity index (χ3v) is 1.70. The number of hydrogen-bond acceptors (Lipinski definition) is 3. The van der Waals surface area contributed by atoms with E-state index in [1.54, 1.807) is 0 Å². The summed E-state index contributed by atoms with van der Waals surface area (Å²) in [6.45, 7) is 0. The standard InChI is InChI=1S/CH5ClN2O2S/c1-7(5,6)4(2)3/h3H2,1H3. The number of nitrogens with two attached hydrogens (primary N) is 1. The molecule has 0 fully saturated rings. The predicted molar refractivity (Wildman–Crippen MR) is 26.7 cm³/mol. The molecule has 7 heavy (non-hydrogen) atoms. The van der Waals surface area contributed by atoms with E-state index in [9.17, 15) is 8.42 Å². The summed E-state index contributed by atoms with van der Waals surface area (Å²) in [5, 5.41) is 0. The van der Waals surface area contributed by atoms with Crippen molar-refractivity contribution >= 4 is 21.8 Å². The van der Waals surface area contributed by atoms with Crippen molar-refractivity contribution in [3.8, 4) is 0 Å². The van der Waals surface area contributed by atoms with Gasteiger partial charge in [0.15, 0.2) is 0 Å². The predicted octanol–water partition coefficient (Wildman–Crippen LogP) is -0.724. The molecule has 2 N–H and O–H groups in total. The van der Waals surface area contributed by atoms with Gasteiger partial charge in [-0.3, -0.25) is 0 Å². The quantitative estimate of drug-likeness (QED) is 0.300. The number of rotatable bonds is 1. The second-order valence-electron chi connectivity index (χ2n) is 1.01. The fraction of sp³-hybridized carbons (Fsp3) is 1.00. The highest BCUT2D eigenvalue weighted by Gasteiger charge is 2.05. The van der Waals surface area contributed by atoms with Crippen molar-refractivity contribution in [1.29, 1.82) is 0 Å². The van der Waals surface area contributed by atoms with Crippen molar-refractivity contribution in [3.05, 3.63) is 0 Å². The molecule has 0 spiro atoms. The van der Waals surface area contributed by atoms with Gasteiger partial charge in [-0.05, 0) is 3.93 Å². The van der Waals surface area contributed by atoms with Gasteiger partial charge in [-0.1, -0.05) is 0 Å². The highest BCUT2D eigenvalue weighted by Crippen LogP contribution is 1.89. The Kier molecular flexibility index (Phi) is 2.00. The average Bonchev–Trinajstić information content (AvgIpc) is 1.31. The van der Waals surface area contributed by atoms with Crippen molar-refractivity contribution in [1.82, 2.24) is 3.93 Å². The fourth-order valence-corrected chi connectivity index (χ4v) is 0.